The molecule has 0 heterocycles. The van der Waals surface area contributed by atoms with Gasteiger partial charge in [0.05, 0.1) is 0 Å². The van der Waals surface area contributed by atoms with Gasteiger partial charge in [0.15, 0.2) is 0 Å². The van der Waals surface area contributed by atoms with E-state index in [1.807, 2.05) is 0 Å². The van der Waals surface area contributed by atoms with E-state index in [1.165, 1.54) is 0 Å². The first-order chi connectivity index (χ1) is 4.96. The zero-order valence-corrected chi connectivity index (χ0v) is 13.2. The molecule has 0 bridgehead atoms. The molecule has 3 heteroatoms. The Kier molecular flexibility index (Phi) is 4.01. The van der Waals surface area contributed by atoms with Crippen LogP contribution in [0.1, 0.15) is 41.5 Å². The zero-order chi connectivity index (χ0) is 10.2. The van der Waals surface area contributed by atoms with Crippen molar-refractivity contribution >= 4 is 5.05 Å². The summed E-state index contributed by atoms with van der Waals surface area (Å²) in [5.41, 5.74) is 0.261. The fourth-order valence-electron chi connectivity index (χ4n) is 0.808. The molecule has 0 aromatic carbocycles. The van der Waals surface area contributed by atoms with Gasteiger partial charge in [-0.15, -0.1) is 0 Å². The molecule has 1 atom stereocenters. The van der Waals surface area contributed by atoms with E-state index in [0.717, 1.165) is 0 Å². The molecule has 1 unspecified atom stereocenters. The molecule has 0 radical (unpaired) electrons. The SMILES string of the molecule is CC(C)(C)N[P](C)(=[W])C(C)(C)C. The Hall–Kier alpha value is 1.08. The number of rotatable bonds is 1. The van der Waals surface area contributed by atoms with E-state index in [-0.39, 0.29) is 5.54 Å². The van der Waals surface area contributed by atoms with Gasteiger partial charge in [0.25, 0.3) is 0 Å². The molecule has 0 aliphatic carbocycles. The summed E-state index contributed by atoms with van der Waals surface area (Å²) >= 11 is 1.72. The summed E-state index contributed by atoms with van der Waals surface area (Å²) in [6.45, 7) is 16.2. The summed E-state index contributed by atoms with van der Waals surface area (Å²) in [5.74, 6) is 0. The van der Waals surface area contributed by atoms with Crippen LogP contribution in [0, 0.1) is 0 Å². The standard InChI is InChI=1S/C9H22NP.W/c1-8(2,3)10-11(7)9(4,5)6;/h10H,1-7H3;. The van der Waals surface area contributed by atoms with Crippen LogP contribution in [-0.2, 0) is 18.8 Å². The molecule has 0 aliphatic rings. The Morgan fingerprint density at radius 2 is 1.33 bits per heavy atom. The second kappa shape index (κ2) is 3.68. The van der Waals surface area contributed by atoms with E-state index in [2.05, 4.69) is 53.3 Å². The molecule has 0 aliphatic heterocycles. The maximum atomic E-state index is 3.78. The van der Waals surface area contributed by atoms with Gasteiger partial charge in [-0.25, -0.2) is 0 Å². The molecule has 0 amide bonds. The average Bonchev–Trinajstić information content (AvgIpc) is 1.52. The second-order valence-electron chi connectivity index (χ2n) is 5.46. The third kappa shape index (κ3) is 4.35. The van der Waals surface area contributed by atoms with Crippen LogP contribution in [-0.4, -0.2) is 17.4 Å². The molecule has 1 N–H and O–H groups in total. The fourth-order valence-corrected chi connectivity index (χ4v) is 5.37. The van der Waals surface area contributed by atoms with Gasteiger partial charge in [-0.05, 0) is 0 Å². The van der Waals surface area contributed by atoms with Crippen LogP contribution in [0.15, 0.2) is 0 Å². The molecule has 0 aromatic rings. The Morgan fingerprint density at radius 3 is 1.42 bits per heavy atom. The summed E-state index contributed by atoms with van der Waals surface area (Å²) in [4.78, 5) is 0. The van der Waals surface area contributed by atoms with E-state index < -0.39 is 5.05 Å². The van der Waals surface area contributed by atoms with Gasteiger partial charge >= 0.3 is 87.8 Å². The summed E-state index contributed by atoms with van der Waals surface area (Å²) in [6.07, 6.45) is 0. The first kappa shape index (κ1) is 13.1. The molecule has 0 fully saturated rings. The number of nitrogens with one attached hydrogen (secondary N) is 1. The van der Waals surface area contributed by atoms with Gasteiger partial charge in [0.1, 0.15) is 0 Å². The Labute approximate surface area is 87.9 Å². The van der Waals surface area contributed by atoms with E-state index in [4.69, 9.17) is 0 Å². The van der Waals surface area contributed by atoms with Crippen LogP contribution < -0.4 is 5.09 Å². The molecule has 0 saturated heterocycles. The van der Waals surface area contributed by atoms with E-state index in [0.29, 0.717) is 5.16 Å². The fraction of sp³-hybridized carbons (Fsp3) is 1.00. The van der Waals surface area contributed by atoms with Crippen molar-refractivity contribution in [3.63, 3.8) is 0 Å². The molecular weight excluding hydrogens is 337 g/mol. The van der Waals surface area contributed by atoms with Gasteiger partial charge in [-0.1, -0.05) is 0 Å². The average molecular weight is 359 g/mol. The minimum absolute atomic E-state index is 0.261. The molecule has 0 aromatic heterocycles. The summed E-state index contributed by atoms with van der Waals surface area (Å²) in [6, 6.07) is 0. The monoisotopic (exact) mass is 359 g/mol. The van der Waals surface area contributed by atoms with Crippen LogP contribution in [0.25, 0.3) is 0 Å². The van der Waals surface area contributed by atoms with Gasteiger partial charge in [-0.2, -0.15) is 0 Å². The first-order valence-corrected chi connectivity index (χ1v) is 10.4. The quantitative estimate of drug-likeness (QED) is 0.710. The molecule has 0 rings (SSSR count). The molecule has 0 saturated carbocycles. The van der Waals surface area contributed by atoms with Gasteiger partial charge < -0.3 is 0 Å². The summed E-state index contributed by atoms with van der Waals surface area (Å²) in [7, 11) is 0. The van der Waals surface area contributed by atoms with Crippen LogP contribution in [0.2, 0.25) is 0 Å². The minimum atomic E-state index is -0.915. The molecule has 12 heavy (non-hydrogen) atoms. The number of hydrogen-bond acceptors (Lipinski definition) is 1. The Morgan fingerprint density at radius 1 is 1.00 bits per heavy atom. The molecule has 0 spiro atoms. The predicted molar refractivity (Wildman–Crippen MR) is 55.5 cm³/mol. The van der Waals surface area contributed by atoms with Crippen molar-refractivity contribution in [3.8, 4) is 0 Å². The van der Waals surface area contributed by atoms with Crippen molar-refractivity contribution in [1.82, 2.24) is 5.09 Å². The van der Waals surface area contributed by atoms with Crippen molar-refractivity contribution < 1.29 is 18.8 Å². The Bertz CT molecular complexity index is 198. The van der Waals surface area contributed by atoms with Crippen molar-refractivity contribution in [1.29, 1.82) is 0 Å². The van der Waals surface area contributed by atoms with Crippen LogP contribution in [0.3, 0.4) is 0 Å². The number of hydrogen-bond donors (Lipinski definition) is 1. The molecule has 74 valence electrons. The summed E-state index contributed by atoms with van der Waals surface area (Å²) in [5, 5.41) is 3.31. The maximum absolute atomic E-state index is 3.78. The van der Waals surface area contributed by atoms with Crippen LogP contribution in [0.4, 0.5) is 0 Å². The van der Waals surface area contributed by atoms with Crippen molar-refractivity contribution in [2.75, 3.05) is 6.66 Å². The van der Waals surface area contributed by atoms with Crippen molar-refractivity contribution in [3.05, 3.63) is 0 Å². The normalized spacial score (nSPS) is 18.9. The van der Waals surface area contributed by atoms with E-state index >= 15 is 0 Å². The van der Waals surface area contributed by atoms with Crippen LogP contribution >= 0.6 is 5.05 Å². The van der Waals surface area contributed by atoms with E-state index in [1.54, 1.807) is 18.8 Å². The van der Waals surface area contributed by atoms with Gasteiger partial charge in [0, 0.05) is 0 Å². The molecule has 1 nitrogen and oxygen atoms in total. The van der Waals surface area contributed by atoms with Crippen molar-refractivity contribution in [2.24, 2.45) is 0 Å². The van der Waals surface area contributed by atoms with E-state index in [9.17, 15) is 0 Å². The predicted octanol–water partition coefficient (Wildman–Crippen LogP) is 3.20. The van der Waals surface area contributed by atoms with Gasteiger partial charge in [-0.3, -0.25) is 0 Å². The van der Waals surface area contributed by atoms with Crippen LogP contribution in [0.5, 0.6) is 0 Å². The van der Waals surface area contributed by atoms with Gasteiger partial charge in [0.2, 0.25) is 0 Å². The second-order valence-corrected chi connectivity index (χ2v) is 16.7. The Balaban J connectivity index is 4.57. The zero-order valence-electron chi connectivity index (χ0n) is 9.36. The first-order valence-electron chi connectivity index (χ1n) is 4.33. The third-order valence-electron chi connectivity index (χ3n) is 1.83. The summed E-state index contributed by atoms with van der Waals surface area (Å²) < 4.78 is 0. The van der Waals surface area contributed by atoms with Crippen molar-refractivity contribution in [2.45, 2.75) is 52.2 Å². The molecular formula is C9H22NPW. The topological polar surface area (TPSA) is 12.0 Å². The third-order valence-corrected chi connectivity index (χ3v) is 12.4.